The molecule has 0 spiro atoms. The number of hydrogen-bond acceptors (Lipinski definition) is 4. The van der Waals surface area contributed by atoms with Crippen molar-refractivity contribution in [2.24, 2.45) is 11.7 Å². The molecule has 1 aliphatic heterocycles. The summed E-state index contributed by atoms with van der Waals surface area (Å²) in [5.74, 6) is 0.268. The number of benzene rings is 1. The van der Waals surface area contributed by atoms with Gasteiger partial charge in [0, 0.05) is 30.7 Å². The lowest BCUT2D eigenvalue weighted by molar-refractivity contribution is 0.0661. The third-order valence-corrected chi connectivity index (χ3v) is 6.34. The zero-order chi connectivity index (χ0) is 17.3. The van der Waals surface area contributed by atoms with E-state index in [2.05, 4.69) is 4.72 Å². The minimum atomic E-state index is -3.48. The second kappa shape index (κ2) is 8.03. The average molecular weight is 388 g/mol. The Kier molecular flexibility index (Phi) is 6.48. The molecule has 1 heterocycles. The Morgan fingerprint density at radius 1 is 1.24 bits per heavy atom. The Hall–Kier alpha value is -1.15. The first-order chi connectivity index (χ1) is 11.4. The molecule has 1 aromatic rings. The fraction of sp³-hybridized carbons (Fsp3) is 0.588. The summed E-state index contributed by atoms with van der Waals surface area (Å²) < 4.78 is 27.0. The van der Waals surface area contributed by atoms with Crippen molar-refractivity contribution in [3.05, 3.63) is 29.8 Å². The predicted octanol–water partition coefficient (Wildman–Crippen LogP) is 1.75. The van der Waals surface area contributed by atoms with Crippen molar-refractivity contribution in [2.75, 3.05) is 13.1 Å². The summed E-state index contributed by atoms with van der Waals surface area (Å²) in [6.45, 7) is 3.37. The highest BCUT2D eigenvalue weighted by Gasteiger charge is 2.29. The first-order valence-corrected chi connectivity index (χ1v) is 10.0. The lowest BCUT2D eigenvalue weighted by Gasteiger charge is -2.34. The number of nitrogens with one attached hydrogen (secondary N) is 1. The molecule has 1 aromatic carbocycles. The van der Waals surface area contributed by atoms with E-state index in [0.717, 1.165) is 32.2 Å². The third-order valence-electron chi connectivity index (χ3n) is 4.80. The lowest BCUT2D eigenvalue weighted by Crippen LogP contribution is -2.45. The number of hydrogen-bond donors (Lipinski definition) is 2. The van der Waals surface area contributed by atoms with E-state index in [1.54, 1.807) is 12.1 Å². The number of nitrogens with zero attached hydrogens (tertiary/aromatic N) is 1. The first kappa shape index (κ1) is 20.2. The number of piperidine rings is 1. The highest BCUT2D eigenvalue weighted by Crippen LogP contribution is 2.23. The average Bonchev–Trinajstić information content (AvgIpc) is 3.37. The van der Waals surface area contributed by atoms with Crippen LogP contribution in [-0.4, -0.2) is 44.4 Å². The number of carbonyl (C=O) groups is 1. The van der Waals surface area contributed by atoms with E-state index < -0.39 is 10.0 Å². The highest BCUT2D eigenvalue weighted by atomic mass is 35.5. The van der Waals surface area contributed by atoms with E-state index in [0.29, 0.717) is 18.0 Å². The SMILES string of the molecule is CC(N)C1CCCN(C(=O)c2ccc(S(=O)(=O)NC3CC3)cc2)C1.Cl. The summed E-state index contributed by atoms with van der Waals surface area (Å²) in [6.07, 6.45) is 3.79. The number of carbonyl (C=O) groups excluding carboxylic acids is 1. The van der Waals surface area contributed by atoms with Gasteiger partial charge in [-0.05, 0) is 62.8 Å². The zero-order valence-electron chi connectivity index (χ0n) is 14.3. The van der Waals surface area contributed by atoms with Crippen LogP contribution in [0.2, 0.25) is 0 Å². The van der Waals surface area contributed by atoms with Crippen LogP contribution in [0.5, 0.6) is 0 Å². The molecule has 0 bridgehead atoms. The van der Waals surface area contributed by atoms with Crippen LogP contribution < -0.4 is 10.5 Å². The van der Waals surface area contributed by atoms with E-state index in [-0.39, 0.29) is 35.3 Å². The molecule has 0 aromatic heterocycles. The monoisotopic (exact) mass is 387 g/mol. The van der Waals surface area contributed by atoms with Crippen LogP contribution in [0.15, 0.2) is 29.2 Å². The maximum Gasteiger partial charge on any atom is 0.253 e. The highest BCUT2D eigenvalue weighted by molar-refractivity contribution is 7.89. The van der Waals surface area contributed by atoms with Crippen molar-refractivity contribution in [1.82, 2.24) is 9.62 Å². The van der Waals surface area contributed by atoms with Gasteiger partial charge in [0.25, 0.3) is 5.91 Å². The van der Waals surface area contributed by atoms with Gasteiger partial charge in [-0.15, -0.1) is 12.4 Å². The molecule has 1 aliphatic carbocycles. The summed E-state index contributed by atoms with van der Waals surface area (Å²) in [4.78, 5) is 14.7. The van der Waals surface area contributed by atoms with Crippen LogP contribution in [0.3, 0.4) is 0 Å². The quantitative estimate of drug-likeness (QED) is 0.804. The molecule has 140 valence electrons. The summed E-state index contributed by atoms with van der Waals surface area (Å²) in [5.41, 5.74) is 6.49. The second-order valence-electron chi connectivity index (χ2n) is 6.93. The van der Waals surface area contributed by atoms with Gasteiger partial charge in [-0.3, -0.25) is 4.79 Å². The summed E-state index contributed by atoms with van der Waals surface area (Å²) in [6, 6.07) is 6.34. The summed E-state index contributed by atoms with van der Waals surface area (Å²) >= 11 is 0. The number of nitrogens with two attached hydrogens (primary N) is 1. The maximum atomic E-state index is 12.6. The minimum absolute atomic E-state index is 0. The molecule has 2 fully saturated rings. The Bertz CT molecular complexity index is 702. The van der Waals surface area contributed by atoms with Gasteiger partial charge in [-0.25, -0.2) is 13.1 Å². The Morgan fingerprint density at radius 2 is 1.88 bits per heavy atom. The number of amides is 1. The van der Waals surface area contributed by atoms with Crippen molar-refractivity contribution >= 4 is 28.3 Å². The van der Waals surface area contributed by atoms with Crippen LogP contribution in [0, 0.1) is 5.92 Å². The van der Waals surface area contributed by atoms with E-state index in [4.69, 9.17) is 5.73 Å². The molecular formula is C17H26ClN3O3S. The third kappa shape index (κ3) is 4.94. The molecule has 1 saturated carbocycles. The van der Waals surface area contributed by atoms with Crippen molar-refractivity contribution in [1.29, 1.82) is 0 Å². The molecule has 2 unspecified atom stereocenters. The normalized spacial score (nSPS) is 22.2. The second-order valence-corrected chi connectivity index (χ2v) is 8.65. The smallest absolute Gasteiger partial charge is 0.253 e. The molecule has 6 nitrogen and oxygen atoms in total. The van der Waals surface area contributed by atoms with Gasteiger partial charge in [0.05, 0.1) is 4.90 Å². The van der Waals surface area contributed by atoms with Crippen LogP contribution in [0.1, 0.15) is 43.0 Å². The van der Waals surface area contributed by atoms with E-state index in [1.165, 1.54) is 12.1 Å². The van der Waals surface area contributed by atoms with Crippen LogP contribution >= 0.6 is 12.4 Å². The zero-order valence-corrected chi connectivity index (χ0v) is 16.0. The molecule has 3 N–H and O–H groups in total. The molecule has 1 amide bonds. The topological polar surface area (TPSA) is 92.5 Å². The van der Waals surface area contributed by atoms with E-state index >= 15 is 0 Å². The van der Waals surface area contributed by atoms with Gasteiger partial charge < -0.3 is 10.6 Å². The fourth-order valence-corrected chi connectivity index (χ4v) is 4.38. The largest absolute Gasteiger partial charge is 0.338 e. The molecule has 0 radical (unpaired) electrons. The number of halogens is 1. The molecule has 8 heteroatoms. The number of sulfonamides is 1. The number of rotatable bonds is 5. The predicted molar refractivity (Wildman–Crippen MR) is 99.3 cm³/mol. The van der Waals surface area contributed by atoms with Crippen LogP contribution in [-0.2, 0) is 10.0 Å². The molecule has 1 saturated heterocycles. The van der Waals surface area contributed by atoms with Gasteiger partial charge in [-0.1, -0.05) is 0 Å². The Balaban J connectivity index is 0.00000225. The van der Waals surface area contributed by atoms with Gasteiger partial charge >= 0.3 is 0 Å². The van der Waals surface area contributed by atoms with Crippen molar-refractivity contribution in [2.45, 2.75) is 49.6 Å². The lowest BCUT2D eigenvalue weighted by atomic mass is 9.92. The van der Waals surface area contributed by atoms with Crippen LogP contribution in [0.25, 0.3) is 0 Å². The Labute approximate surface area is 155 Å². The molecular weight excluding hydrogens is 362 g/mol. The fourth-order valence-electron chi connectivity index (χ4n) is 3.07. The van der Waals surface area contributed by atoms with Gasteiger partial charge in [0.15, 0.2) is 0 Å². The van der Waals surface area contributed by atoms with Crippen molar-refractivity contribution in [3.63, 3.8) is 0 Å². The van der Waals surface area contributed by atoms with Gasteiger partial charge in [-0.2, -0.15) is 0 Å². The molecule has 3 rings (SSSR count). The maximum absolute atomic E-state index is 12.6. The van der Waals surface area contributed by atoms with Gasteiger partial charge in [0.2, 0.25) is 10.0 Å². The first-order valence-electron chi connectivity index (χ1n) is 8.54. The van der Waals surface area contributed by atoms with Gasteiger partial charge in [0.1, 0.15) is 0 Å². The summed E-state index contributed by atoms with van der Waals surface area (Å²) in [5, 5.41) is 0. The van der Waals surface area contributed by atoms with Crippen molar-refractivity contribution < 1.29 is 13.2 Å². The number of likely N-dealkylation sites (tertiary alicyclic amines) is 1. The minimum Gasteiger partial charge on any atom is -0.338 e. The van der Waals surface area contributed by atoms with Crippen molar-refractivity contribution in [3.8, 4) is 0 Å². The van der Waals surface area contributed by atoms with Crippen LogP contribution in [0.4, 0.5) is 0 Å². The van der Waals surface area contributed by atoms with E-state index in [9.17, 15) is 13.2 Å². The van der Waals surface area contributed by atoms with E-state index in [1.807, 2.05) is 11.8 Å². The molecule has 25 heavy (non-hydrogen) atoms. The summed E-state index contributed by atoms with van der Waals surface area (Å²) in [7, 11) is -3.48. The Morgan fingerprint density at radius 3 is 2.44 bits per heavy atom. The standard InChI is InChI=1S/C17H25N3O3S.ClH/c1-12(18)14-3-2-10-20(11-14)17(21)13-4-8-16(9-5-13)24(22,23)19-15-6-7-15;/h4-5,8-9,12,14-15,19H,2-3,6-7,10-11,18H2,1H3;1H. The molecule has 2 atom stereocenters. The molecule has 2 aliphatic rings.